The molecule has 29 heavy (non-hydrogen) atoms. The Labute approximate surface area is 173 Å². The SMILES string of the molecule is COCc1cccc([C@H](O)/C=C/[C@H]2CCC(=O)N2CC[C@@H](C)CCCC(=O)O)c1. The lowest BCUT2D eigenvalue weighted by Crippen LogP contribution is -2.33. The topological polar surface area (TPSA) is 87.1 Å². The number of amides is 1. The monoisotopic (exact) mass is 403 g/mol. The number of aliphatic hydroxyl groups is 1. The second-order valence-corrected chi connectivity index (χ2v) is 7.88. The molecule has 0 aromatic heterocycles. The van der Waals surface area contributed by atoms with Crippen LogP contribution in [0.3, 0.4) is 0 Å². The number of ether oxygens (including phenoxy) is 1. The summed E-state index contributed by atoms with van der Waals surface area (Å²) < 4.78 is 5.14. The fourth-order valence-corrected chi connectivity index (χ4v) is 3.73. The Morgan fingerprint density at radius 1 is 1.38 bits per heavy atom. The highest BCUT2D eigenvalue weighted by molar-refractivity contribution is 5.79. The van der Waals surface area contributed by atoms with Crippen LogP contribution in [0.15, 0.2) is 36.4 Å². The Hall–Kier alpha value is -2.18. The summed E-state index contributed by atoms with van der Waals surface area (Å²) in [5, 5.41) is 19.2. The van der Waals surface area contributed by atoms with Crippen molar-refractivity contribution in [2.45, 2.75) is 64.2 Å². The van der Waals surface area contributed by atoms with Crippen molar-refractivity contribution in [3.63, 3.8) is 0 Å². The van der Waals surface area contributed by atoms with Gasteiger partial charge >= 0.3 is 5.97 Å². The van der Waals surface area contributed by atoms with Crippen molar-refractivity contribution in [2.75, 3.05) is 13.7 Å². The molecule has 0 spiro atoms. The third-order valence-electron chi connectivity index (χ3n) is 5.44. The highest BCUT2D eigenvalue weighted by Gasteiger charge is 2.29. The zero-order valence-corrected chi connectivity index (χ0v) is 17.4. The van der Waals surface area contributed by atoms with Crippen molar-refractivity contribution in [3.8, 4) is 0 Å². The highest BCUT2D eigenvalue weighted by Crippen LogP contribution is 2.24. The van der Waals surface area contributed by atoms with Crippen molar-refractivity contribution in [1.82, 2.24) is 4.90 Å². The molecule has 0 aliphatic carbocycles. The van der Waals surface area contributed by atoms with Crippen LogP contribution in [0.25, 0.3) is 0 Å². The molecular weight excluding hydrogens is 370 g/mol. The van der Waals surface area contributed by atoms with Crippen LogP contribution >= 0.6 is 0 Å². The molecule has 160 valence electrons. The molecule has 3 atom stereocenters. The first-order chi connectivity index (χ1) is 13.9. The predicted octanol–water partition coefficient (Wildman–Crippen LogP) is 3.69. The van der Waals surface area contributed by atoms with Gasteiger partial charge in [0, 0.05) is 26.5 Å². The maximum absolute atomic E-state index is 12.3. The van der Waals surface area contributed by atoms with Crippen LogP contribution in [-0.4, -0.2) is 46.7 Å². The van der Waals surface area contributed by atoms with E-state index < -0.39 is 12.1 Å². The Bertz CT molecular complexity index is 702. The Kier molecular flexibility index (Phi) is 9.35. The average Bonchev–Trinajstić information content (AvgIpc) is 3.04. The molecule has 1 fully saturated rings. The molecule has 0 radical (unpaired) electrons. The third kappa shape index (κ3) is 7.63. The minimum Gasteiger partial charge on any atom is -0.481 e. The lowest BCUT2D eigenvalue weighted by Gasteiger charge is -2.24. The van der Waals surface area contributed by atoms with E-state index in [0.717, 1.165) is 30.4 Å². The largest absolute Gasteiger partial charge is 0.481 e. The molecule has 1 aromatic rings. The lowest BCUT2D eigenvalue weighted by atomic mass is 10.00. The van der Waals surface area contributed by atoms with E-state index in [0.29, 0.717) is 31.9 Å². The second kappa shape index (κ2) is 11.7. The first-order valence-electron chi connectivity index (χ1n) is 10.4. The molecule has 6 heteroatoms. The number of carbonyl (C=O) groups is 2. The van der Waals surface area contributed by atoms with Gasteiger partial charge in [-0.25, -0.2) is 0 Å². The molecule has 1 aliphatic heterocycles. The molecule has 0 saturated carbocycles. The third-order valence-corrected chi connectivity index (χ3v) is 5.44. The fourth-order valence-electron chi connectivity index (χ4n) is 3.73. The minimum atomic E-state index is -0.761. The molecule has 1 saturated heterocycles. The molecule has 1 aromatic carbocycles. The normalized spacial score (nSPS) is 19.1. The lowest BCUT2D eigenvalue weighted by molar-refractivity contribution is -0.137. The van der Waals surface area contributed by atoms with Crippen LogP contribution < -0.4 is 0 Å². The predicted molar refractivity (Wildman–Crippen MR) is 111 cm³/mol. The summed E-state index contributed by atoms with van der Waals surface area (Å²) in [7, 11) is 1.64. The van der Waals surface area contributed by atoms with E-state index in [9.17, 15) is 14.7 Å². The van der Waals surface area contributed by atoms with E-state index >= 15 is 0 Å². The van der Waals surface area contributed by atoms with Gasteiger partial charge < -0.3 is 19.8 Å². The number of likely N-dealkylation sites (tertiary alicyclic amines) is 1. The number of hydrogen-bond donors (Lipinski definition) is 2. The Morgan fingerprint density at radius 3 is 2.90 bits per heavy atom. The zero-order valence-electron chi connectivity index (χ0n) is 17.4. The first kappa shape index (κ1) is 23.1. The number of rotatable bonds is 12. The number of carboxylic acid groups (broad SMARTS) is 1. The molecule has 1 heterocycles. The number of hydrogen-bond acceptors (Lipinski definition) is 4. The summed E-state index contributed by atoms with van der Waals surface area (Å²) in [5.74, 6) is -0.237. The van der Waals surface area contributed by atoms with Crippen LogP contribution in [0.2, 0.25) is 0 Å². The molecular formula is C23H33NO5. The number of benzene rings is 1. The summed E-state index contributed by atoms with van der Waals surface area (Å²) in [4.78, 5) is 24.8. The van der Waals surface area contributed by atoms with Crippen LogP contribution in [0, 0.1) is 5.92 Å². The molecule has 2 rings (SSSR count). The van der Waals surface area contributed by atoms with E-state index in [1.54, 1.807) is 13.2 Å². The number of methoxy groups -OCH3 is 1. The minimum absolute atomic E-state index is 0.00512. The van der Waals surface area contributed by atoms with Gasteiger partial charge in [-0.15, -0.1) is 0 Å². The van der Waals surface area contributed by atoms with Crippen molar-refractivity contribution < 1.29 is 24.5 Å². The summed E-state index contributed by atoms with van der Waals surface area (Å²) in [6.45, 7) is 3.27. The summed E-state index contributed by atoms with van der Waals surface area (Å²) in [6, 6.07) is 7.67. The number of carboxylic acids is 1. The van der Waals surface area contributed by atoms with E-state index in [1.165, 1.54) is 0 Å². The molecule has 0 unspecified atom stereocenters. The number of aliphatic carboxylic acids is 1. The van der Waals surface area contributed by atoms with Crippen molar-refractivity contribution in [1.29, 1.82) is 0 Å². The van der Waals surface area contributed by atoms with E-state index in [2.05, 4.69) is 6.92 Å². The first-order valence-corrected chi connectivity index (χ1v) is 10.4. The van der Waals surface area contributed by atoms with Gasteiger partial charge in [0.25, 0.3) is 0 Å². The van der Waals surface area contributed by atoms with Gasteiger partial charge in [-0.3, -0.25) is 9.59 Å². The summed E-state index contributed by atoms with van der Waals surface area (Å²) in [5.41, 5.74) is 1.81. The maximum atomic E-state index is 12.3. The number of aliphatic hydroxyl groups excluding tert-OH is 1. The van der Waals surface area contributed by atoms with Gasteiger partial charge in [0.15, 0.2) is 0 Å². The van der Waals surface area contributed by atoms with Gasteiger partial charge in [-0.05, 0) is 36.3 Å². The van der Waals surface area contributed by atoms with Crippen molar-refractivity contribution >= 4 is 11.9 Å². The van der Waals surface area contributed by atoms with Crippen LogP contribution in [0.5, 0.6) is 0 Å². The fraction of sp³-hybridized carbons (Fsp3) is 0.565. The van der Waals surface area contributed by atoms with Crippen molar-refractivity contribution in [3.05, 3.63) is 47.5 Å². The number of carbonyl (C=O) groups excluding carboxylic acids is 1. The molecule has 0 bridgehead atoms. The van der Waals surface area contributed by atoms with Gasteiger partial charge in [-0.2, -0.15) is 0 Å². The average molecular weight is 404 g/mol. The van der Waals surface area contributed by atoms with Gasteiger partial charge in [-0.1, -0.05) is 49.8 Å². The zero-order chi connectivity index (χ0) is 21.2. The van der Waals surface area contributed by atoms with Crippen LogP contribution in [-0.2, 0) is 20.9 Å². The quantitative estimate of drug-likeness (QED) is 0.520. The van der Waals surface area contributed by atoms with Gasteiger partial charge in [0.2, 0.25) is 5.91 Å². The Morgan fingerprint density at radius 2 is 2.17 bits per heavy atom. The smallest absolute Gasteiger partial charge is 0.303 e. The molecule has 1 aliphatic rings. The van der Waals surface area contributed by atoms with E-state index in [4.69, 9.17) is 9.84 Å². The maximum Gasteiger partial charge on any atom is 0.303 e. The van der Waals surface area contributed by atoms with Gasteiger partial charge in [0.1, 0.15) is 0 Å². The van der Waals surface area contributed by atoms with Crippen molar-refractivity contribution in [2.24, 2.45) is 5.92 Å². The van der Waals surface area contributed by atoms with Crippen LogP contribution in [0.1, 0.15) is 62.7 Å². The molecule has 1 amide bonds. The molecule has 6 nitrogen and oxygen atoms in total. The van der Waals surface area contributed by atoms with Crippen LogP contribution in [0.4, 0.5) is 0 Å². The standard InChI is InChI=1S/C23H33NO5/c1-17(5-3-8-23(27)28)13-14-24-20(10-12-22(24)26)9-11-21(25)19-7-4-6-18(15-19)16-29-2/h4,6-7,9,11,15,17,20-21,25H,3,5,8,10,12-14,16H2,1-2H3,(H,27,28)/b11-9+/t17-,20-,21+/m0/s1. The molecule has 2 N–H and O–H groups in total. The highest BCUT2D eigenvalue weighted by atomic mass is 16.5. The van der Waals surface area contributed by atoms with E-state index in [1.807, 2.05) is 35.2 Å². The Balaban J connectivity index is 1.88. The second-order valence-electron chi connectivity index (χ2n) is 7.88. The number of nitrogens with zero attached hydrogens (tertiary/aromatic N) is 1. The summed E-state index contributed by atoms with van der Waals surface area (Å²) in [6.07, 6.45) is 6.85. The van der Waals surface area contributed by atoms with Gasteiger partial charge in [0.05, 0.1) is 18.8 Å². The summed E-state index contributed by atoms with van der Waals surface area (Å²) >= 11 is 0. The van der Waals surface area contributed by atoms with E-state index in [-0.39, 0.29) is 18.4 Å².